The number of aliphatic hydroxyl groups excluding tert-OH is 1. The molecule has 0 saturated heterocycles. The van der Waals surface area contributed by atoms with Crippen LogP contribution in [0.4, 0.5) is 0 Å². The van der Waals surface area contributed by atoms with Gasteiger partial charge in [0.05, 0.1) is 23.8 Å². The first-order valence-electron chi connectivity index (χ1n) is 10.4. The summed E-state index contributed by atoms with van der Waals surface area (Å²) in [4.78, 5) is 12.1. The number of aromatic nitrogens is 1. The van der Waals surface area contributed by atoms with Crippen LogP contribution in [0.2, 0.25) is 0 Å². The van der Waals surface area contributed by atoms with Gasteiger partial charge >= 0.3 is 5.97 Å². The van der Waals surface area contributed by atoms with Gasteiger partial charge in [-0.25, -0.2) is 0 Å². The summed E-state index contributed by atoms with van der Waals surface area (Å²) in [5.41, 5.74) is 4.34. The number of ether oxygens (including phenoxy) is 1. The Hall–Kier alpha value is -2.32. The fraction of sp³-hybridized carbons (Fsp3) is 0.565. The van der Waals surface area contributed by atoms with Gasteiger partial charge in [0, 0.05) is 35.5 Å². The summed E-state index contributed by atoms with van der Waals surface area (Å²) in [7, 11) is 0. The summed E-state index contributed by atoms with van der Waals surface area (Å²) in [6.45, 7) is 4.56. The van der Waals surface area contributed by atoms with Crippen LogP contribution in [0, 0.1) is 23.2 Å². The Morgan fingerprint density at radius 2 is 2.18 bits per heavy atom. The second kappa shape index (κ2) is 7.60. The van der Waals surface area contributed by atoms with E-state index in [1.54, 1.807) is 0 Å². The highest BCUT2D eigenvalue weighted by Gasteiger charge is 2.33. The summed E-state index contributed by atoms with van der Waals surface area (Å²) in [5, 5.41) is 20.8. The van der Waals surface area contributed by atoms with Gasteiger partial charge in [-0.05, 0) is 69.2 Å². The van der Waals surface area contributed by atoms with Crippen LogP contribution in [0.25, 0.3) is 10.9 Å². The first kappa shape index (κ1) is 19.0. The molecule has 1 fully saturated rings. The molecule has 1 aromatic carbocycles. The van der Waals surface area contributed by atoms with E-state index in [1.807, 2.05) is 32.0 Å². The number of hydrogen-bond donors (Lipinski definition) is 1. The van der Waals surface area contributed by atoms with Crippen molar-refractivity contribution in [2.75, 3.05) is 0 Å². The second-order valence-electron chi connectivity index (χ2n) is 8.65. The molecular formula is C23H28N2O3. The predicted molar refractivity (Wildman–Crippen MR) is 107 cm³/mol. The molecule has 0 bridgehead atoms. The van der Waals surface area contributed by atoms with E-state index in [0.29, 0.717) is 12.0 Å². The molecule has 0 radical (unpaired) electrons. The van der Waals surface area contributed by atoms with Crippen LogP contribution < -0.4 is 0 Å². The van der Waals surface area contributed by atoms with Gasteiger partial charge in [0.25, 0.3) is 0 Å². The second-order valence-corrected chi connectivity index (χ2v) is 8.65. The molecule has 28 heavy (non-hydrogen) atoms. The van der Waals surface area contributed by atoms with E-state index in [9.17, 15) is 15.2 Å². The maximum atomic E-state index is 12.1. The molecule has 4 rings (SSSR count). The highest BCUT2D eigenvalue weighted by atomic mass is 16.5. The third-order valence-electron chi connectivity index (χ3n) is 6.25. The number of fused-ring (bicyclic) bond motifs is 3. The van der Waals surface area contributed by atoms with Gasteiger partial charge in [-0.15, -0.1) is 0 Å². The van der Waals surface area contributed by atoms with Gasteiger partial charge in [0.2, 0.25) is 0 Å². The average molecular weight is 380 g/mol. The first-order chi connectivity index (χ1) is 13.5. The maximum absolute atomic E-state index is 12.1. The van der Waals surface area contributed by atoms with Crippen molar-refractivity contribution < 1.29 is 14.6 Å². The third-order valence-corrected chi connectivity index (χ3v) is 6.25. The molecule has 0 amide bonds. The average Bonchev–Trinajstić information content (AvgIpc) is 3.30. The fourth-order valence-corrected chi connectivity index (χ4v) is 5.01. The molecule has 5 nitrogen and oxygen atoms in total. The highest BCUT2D eigenvalue weighted by molar-refractivity contribution is 5.87. The Kier molecular flexibility index (Phi) is 5.16. The minimum absolute atomic E-state index is 0.0898. The lowest BCUT2D eigenvalue weighted by atomic mass is 10.0. The van der Waals surface area contributed by atoms with E-state index in [-0.39, 0.29) is 30.0 Å². The quantitative estimate of drug-likeness (QED) is 0.802. The maximum Gasteiger partial charge on any atom is 0.306 e. The zero-order chi connectivity index (χ0) is 19.8. The van der Waals surface area contributed by atoms with Crippen molar-refractivity contribution in [2.24, 2.45) is 11.8 Å². The molecule has 1 N–H and O–H groups in total. The number of nitriles is 1. The number of esters is 1. The number of carbonyl (C=O) groups is 1. The normalized spacial score (nSPS) is 23.9. The minimum Gasteiger partial charge on any atom is -0.463 e. The predicted octanol–water partition coefficient (Wildman–Crippen LogP) is 3.73. The molecule has 1 unspecified atom stereocenters. The van der Waals surface area contributed by atoms with Crippen molar-refractivity contribution in [2.45, 2.75) is 71.1 Å². The lowest BCUT2D eigenvalue weighted by Gasteiger charge is -2.19. The zero-order valence-electron chi connectivity index (χ0n) is 16.6. The van der Waals surface area contributed by atoms with Gasteiger partial charge < -0.3 is 14.4 Å². The molecule has 5 heteroatoms. The van der Waals surface area contributed by atoms with Crippen molar-refractivity contribution in [3.63, 3.8) is 0 Å². The van der Waals surface area contributed by atoms with E-state index >= 15 is 0 Å². The van der Waals surface area contributed by atoms with Gasteiger partial charge in [-0.2, -0.15) is 5.26 Å². The van der Waals surface area contributed by atoms with Gasteiger partial charge in [0.15, 0.2) is 0 Å². The lowest BCUT2D eigenvalue weighted by molar-refractivity contribution is -0.148. The molecule has 2 aliphatic carbocycles. The van der Waals surface area contributed by atoms with Crippen molar-refractivity contribution in [3.8, 4) is 6.07 Å². The first-order valence-corrected chi connectivity index (χ1v) is 10.4. The standard InChI is InChI=1S/C23H28N2O3/c1-14(2)28-23(27)11-16-9-19-18-8-15(12-24)6-7-20(18)25(21(19)10-16)13-17-4-3-5-22(17)26/h6-8,14,16-17,22,26H,3-5,9-11,13H2,1-2H3/t16-,17+,22?/m0/s1. The Bertz CT molecular complexity index is 937. The number of carbonyl (C=O) groups excluding carboxylic acids is 1. The van der Waals surface area contributed by atoms with E-state index in [4.69, 9.17) is 4.74 Å². The molecular weight excluding hydrogens is 352 g/mol. The molecule has 3 atom stereocenters. The van der Waals surface area contributed by atoms with Crippen molar-refractivity contribution in [1.29, 1.82) is 5.26 Å². The van der Waals surface area contributed by atoms with E-state index in [2.05, 4.69) is 10.6 Å². The number of rotatable bonds is 5. The summed E-state index contributed by atoms with van der Waals surface area (Å²) in [6, 6.07) is 8.13. The Labute approximate surface area is 165 Å². The van der Waals surface area contributed by atoms with Crippen LogP contribution in [-0.2, 0) is 28.9 Å². The molecule has 0 spiro atoms. The third kappa shape index (κ3) is 3.54. The zero-order valence-corrected chi connectivity index (χ0v) is 16.6. The van der Waals surface area contributed by atoms with E-state index in [0.717, 1.165) is 49.6 Å². The number of benzene rings is 1. The van der Waals surface area contributed by atoms with Crippen molar-refractivity contribution in [3.05, 3.63) is 35.0 Å². The number of nitrogens with zero attached hydrogens (tertiary/aromatic N) is 2. The summed E-state index contributed by atoms with van der Waals surface area (Å²) in [6.07, 6.45) is 4.81. The van der Waals surface area contributed by atoms with Crippen LogP contribution in [0.15, 0.2) is 18.2 Å². The number of aliphatic hydroxyl groups is 1. The van der Waals surface area contributed by atoms with Gasteiger partial charge in [-0.1, -0.05) is 6.42 Å². The van der Waals surface area contributed by atoms with Gasteiger partial charge in [-0.3, -0.25) is 4.79 Å². The highest BCUT2D eigenvalue weighted by Crippen LogP contribution is 2.39. The lowest BCUT2D eigenvalue weighted by Crippen LogP contribution is -2.21. The monoisotopic (exact) mass is 380 g/mol. The smallest absolute Gasteiger partial charge is 0.306 e. The number of hydrogen-bond acceptors (Lipinski definition) is 4. The Balaban J connectivity index is 1.65. The largest absolute Gasteiger partial charge is 0.463 e. The molecule has 2 aromatic rings. The summed E-state index contributed by atoms with van der Waals surface area (Å²) in [5.74, 6) is 0.386. The van der Waals surface area contributed by atoms with E-state index in [1.165, 1.54) is 11.3 Å². The van der Waals surface area contributed by atoms with Crippen LogP contribution in [0.1, 0.15) is 56.4 Å². The topological polar surface area (TPSA) is 75.2 Å². The Morgan fingerprint density at radius 1 is 1.36 bits per heavy atom. The molecule has 1 aromatic heterocycles. The summed E-state index contributed by atoms with van der Waals surface area (Å²) >= 11 is 0. The van der Waals surface area contributed by atoms with Crippen molar-refractivity contribution >= 4 is 16.9 Å². The minimum atomic E-state index is -0.232. The molecule has 0 aliphatic heterocycles. The van der Waals surface area contributed by atoms with Crippen molar-refractivity contribution in [1.82, 2.24) is 4.57 Å². The van der Waals surface area contributed by atoms with Crippen LogP contribution >= 0.6 is 0 Å². The molecule has 1 heterocycles. The fourth-order valence-electron chi connectivity index (χ4n) is 5.01. The van der Waals surface area contributed by atoms with Crippen LogP contribution in [0.3, 0.4) is 0 Å². The molecule has 2 aliphatic rings. The molecule has 1 saturated carbocycles. The van der Waals surface area contributed by atoms with E-state index < -0.39 is 0 Å². The SMILES string of the molecule is CC(C)OC(=O)C[C@H]1Cc2c(n(C[C@H]3CCCC3O)c3ccc(C#N)cc23)C1. The van der Waals surface area contributed by atoms with Crippen LogP contribution in [0.5, 0.6) is 0 Å². The summed E-state index contributed by atoms with van der Waals surface area (Å²) < 4.78 is 7.69. The van der Waals surface area contributed by atoms with Gasteiger partial charge in [0.1, 0.15) is 0 Å². The molecule has 148 valence electrons. The van der Waals surface area contributed by atoms with Crippen LogP contribution in [-0.4, -0.2) is 27.9 Å². The Morgan fingerprint density at radius 3 is 2.86 bits per heavy atom.